The van der Waals surface area contributed by atoms with E-state index >= 15 is 0 Å². The number of aliphatic hydroxyl groups excluding tert-OH is 1. The summed E-state index contributed by atoms with van der Waals surface area (Å²) < 4.78 is 23.3. The number of amides is 1. The molecule has 0 aromatic heterocycles. The van der Waals surface area contributed by atoms with E-state index in [9.17, 15) is 19.4 Å². The fourth-order valence-corrected chi connectivity index (χ4v) is 8.62. The lowest BCUT2D eigenvalue weighted by Gasteiger charge is -2.29. The molecule has 0 saturated heterocycles. The maximum Gasteiger partial charge on any atom is 0.268 e. The van der Waals surface area contributed by atoms with Crippen molar-refractivity contribution < 1.29 is 32.9 Å². The van der Waals surface area contributed by atoms with Crippen LogP contribution >= 0.6 is 7.82 Å². The number of nitrogens with zero attached hydrogens (tertiary/aromatic N) is 1. The number of hydrogen-bond acceptors (Lipinski definition) is 6. The molecule has 0 aliphatic rings. The molecule has 2 N–H and O–H groups in total. The Morgan fingerprint density at radius 1 is 0.522 bits per heavy atom. The van der Waals surface area contributed by atoms with E-state index in [1.165, 1.54) is 135 Å². The Morgan fingerprint density at radius 3 is 1.35 bits per heavy atom. The first-order valence-electron chi connectivity index (χ1n) is 28.4. The van der Waals surface area contributed by atoms with Crippen molar-refractivity contribution in [2.24, 2.45) is 0 Å². The summed E-state index contributed by atoms with van der Waals surface area (Å²) in [6.45, 7) is 4.51. The van der Waals surface area contributed by atoms with Crippen LogP contribution in [0.2, 0.25) is 0 Å². The van der Waals surface area contributed by atoms with Crippen molar-refractivity contribution in [1.82, 2.24) is 5.32 Å². The fourth-order valence-electron chi connectivity index (χ4n) is 7.90. The lowest BCUT2D eigenvalue weighted by atomic mass is 10.0. The zero-order chi connectivity index (χ0) is 50.6. The van der Waals surface area contributed by atoms with Gasteiger partial charge in [0.15, 0.2) is 0 Å². The van der Waals surface area contributed by atoms with Gasteiger partial charge in [0, 0.05) is 6.42 Å². The van der Waals surface area contributed by atoms with Crippen molar-refractivity contribution in [3.63, 3.8) is 0 Å². The minimum atomic E-state index is -4.61. The molecule has 0 rings (SSSR count). The standard InChI is InChI=1S/C60H109N2O6P/c1-6-8-10-12-14-16-18-20-22-24-26-28-30-32-33-35-37-39-41-43-45-47-49-51-53-59(63)58(57-68-69(65,66)67-56-55-62(3,4)5)61-60(64)54-52-50-48-46-44-42-40-38-36-34-31-29-27-25-23-21-19-17-15-13-11-9-7-2/h9,11,15,17,21,23,27,29,34,36,43,45,51,53,58-59,63H,6-8,10,12-14,16,18-20,22,24-26,28,30-33,35,37-42,44,46-50,52,54-57H2,1-5H3,(H-,61,64,65,66)/b11-9-,17-15-,23-21-,29-27-,36-34-,45-43+,53-51+. The number of carbonyl (C=O) groups is 1. The minimum absolute atomic E-state index is 0.0128. The molecular weight excluding hydrogens is 876 g/mol. The summed E-state index contributed by atoms with van der Waals surface area (Å²) in [6.07, 6.45) is 70.9. The summed E-state index contributed by atoms with van der Waals surface area (Å²) in [5.74, 6) is -0.220. The Bertz CT molecular complexity index is 1400. The number of unbranched alkanes of at least 4 members (excludes halogenated alkanes) is 26. The van der Waals surface area contributed by atoms with Gasteiger partial charge in [0.05, 0.1) is 39.9 Å². The van der Waals surface area contributed by atoms with E-state index < -0.39 is 26.6 Å². The number of phosphoric acid groups is 1. The number of quaternary nitrogens is 1. The van der Waals surface area contributed by atoms with Crippen LogP contribution in [-0.4, -0.2) is 68.5 Å². The number of aliphatic hydroxyl groups is 1. The molecule has 0 saturated carbocycles. The van der Waals surface area contributed by atoms with Crippen molar-refractivity contribution >= 4 is 13.7 Å². The monoisotopic (exact) mass is 985 g/mol. The van der Waals surface area contributed by atoms with Gasteiger partial charge < -0.3 is 28.8 Å². The highest BCUT2D eigenvalue weighted by Crippen LogP contribution is 2.38. The minimum Gasteiger partial charge on any atom is -0.756 e. The highest BCUT2D eigenvalue weighted by molar-refractivity contribution is 7.45. The van der Waals surface area contributed by atoms with Crippen molar-refractivity contribution in [3.05, 3.63) is 85.1 Å². The highest BCUT2D eigenvalue weighted by atomic mass is 31.2. The van der Waals surface area contributed by atoms with Crippen LogP contribution in [0.1, 0.15) is 239 Å². The number of allylic oxidation sites excluding steroid dienone is 13. The summed E-state index contributed by atoms with van der Waals surface area (Å²) in [5.41, 5.74) is 0. The number of carbonyl (C=O) groups excluding carboxylic acids is 1. The molecule has 0 aliphatic carbocycles. The van der Waals surface area contributed by atoms with Gasteiger partial charge in [0.2, 0.25) is 5.91 Å². The first-order valence-corrected chi connectivity index (χ1v) is 29.9. The average Bonchev–Trinajstić information content (AvgIpc) is 3.31. The maximum absolute atomic E-state index is 13.0. The van der Waals surface area contributed by atoms with Crippen molar-refractivity contribution in [2.45, 2.75) is 251 Å². The zero-order valence-electron chi connectivity index (χ0n) is 45.5. The normalized spacial score (nSPS) is 14.6. The average molecular weight is 986 g/mol. The van der Waals surface area contributed by atoms with Crippen LogP contribution in [0.4, 0.5) is 0 Å². The Balaban J connectivity index is 4.32. The largest absolute Gasteiger partial charge is 0.756 e. The molecular formula is C60H109N2O6P. The second-order valence-corrected chi connectivity index (χ2v) is 21.7. The first kappa shape index (κ1) is 66.7. The predicted octanol–water partition coefficient (Wildman–Crippen LogP) is 16.6. The third kappa shape index (κ3) is 53.3. The summed E-state index contributed by atoms with van der Waals surface area (Å²) >= 11 is 0. The van der Waals surface area contributed by atoms with E-state index in [1.807, 2.05) is 27.2 Å². The van der Waals surface area contributed by atoms with E-state index in [0.717, 1.165) is 83.5 Å². The molecule has 1 amide bonds. The molecule has 0 bridgehead atoms. The van der Waals surface area contributed by atoms with Gasteiger partial charge >= 0.3 is 0 Å². The van der Waals surface area contributed by atoms with E-state index in [0.29, 0.717) is 17.4 Å². The Morgan fingerprint density at radius 2 is 0.899 bits per heavy atom. The van der Waals surface area contributed by atoms with Crippen molar-refractivity contribution in [2.75, 3.05) is 40.9 Å². The quantitative estimate of drug-likeness (QED) is 0.0272. The molecule has 0 heterocycles. The highest BCUT2D eigenvalue weighted by Gasteiger charge is 2.23. The van der Waals surface area contributed by atoms with Crippen molar-refractivity contribution in [1.29, 1.82) is 0 Å². The summed E-state index contributed by atoms with van der Waals surface area (Å²) in [4.78, 5) is 25.5. The Kier molecular flexibility index (Phi) is 48.9. The van der Waals surface area contributed by atoms with Crippen LogP contribution < -0.4 is 10.2 Å². The predicted molar refractivity (Wildman–Crippen MR) is 297 cm³/mol. The third-order valence-corrected chi connectivity index (χ3v) is 13.3. The Hall–Kier alpha value is -2.32. The Labute approximate surface area is 426 Å². The van der Waals surface area contributed by atoms with Gasteiger partial charge in [0.1, 0.15) is 13.2 Å². The molecule has 69 heavy (non-hydrogen) atoms. The van der Waals surface area contributed by atoms with Crippen LogP contribution in [0.25, 0.3) is 0 Å². The number of phosphoric ester groups is 1. The molecule has 0 aliphatic heterocycles. The molecule has 9 heteroatoms. The second kappa shape index (κ2) is 50.6. The molecule has 0 radical (unpaired) electrons. The van der Waals surface area contributed by atoms with Gasteiger partial charge in [0.25, 0.3) is 7.82 Å². The lowest BCUT2D eigenvalue weighted by molar-refractivity contribution is -0.870. The second-order valence-electron chi connectivity index (χ2n) is 20.3. The van der Waals surface area contributed by atoms with E-state index in [1.54, 1.807) is 6.08 Å². The van der Waals surface area contributed by atoms with Gasteiger partial charge in [-0.1, -0.05) is 240 Å². The SMILES string of the molecule is CC/C=C\C/C=C\C/C=C\C/C=C\C/C=C\CCCCCCCCCC(=O)NC(COP(=O)([O-])OCC[N+](C)(C)C)C(O)/C=C/CC/C=C/CCCCCCCCCCCCCCCCCCCC. The molecule has 0 fully saturated rings. The van der Waals surface area contributed by atoms with Crippen LogP contribution in [0.3, 0.4) is 0 Å². The van der Waals surface area contributed by atoms with Gasteiger partial charge in [-0.25, -0.2) is 0 Å². The summed E-state index contributed by atoms with van der Waals surface area (Å²) in [5, 5.41) is 13.9. The fraction of sp³-hybridized carbons (Fsp3) is 0.750. The van der Waals surface area contributed by atoms with Crippen molar-refractivity contribution in [3.8, 4) is 0 Å². The summed E-state index contributed by atoms with van der Waals surface area (Å²) in [7, 11) is 1.23. The number of rotatable bonds is 51. The number of hydrogen-bond donors (Lipinski definition) is 2. The smallest absolute Gasteiger partial charge is 0.268 e. The van der Waals surface area contributed by atoms with Crippen LogP contribution in [0.5, 0.6) is 0 Å². The van der Waals surface area contributed by atoms with E-state index in [4.69, 9.17) is 9.05 Å². The zero-order valence-corrected chi connectivity index (χ0v) is 46.4. The third-order valence-electron chi connectivity index (χ3n) is 12.3. The summed E-state index contributed by atoms with van der Waals surface area (Å²) in [6, 6.07) is -0.916. The number of likely N-dealkylation sites (N-methyl/N-ethyl adjacent to an activating group) is 1. The molecule has 0 aromatic carbocycles. The van der Waals surface area contributed by atoms with E-state index in [-0.39, 0.29) is 12.5 Å². The molecule has 0 spiro atoms. The van der Waals surface area contributed by atoms with Gasteiger partial charge in [-0.3, -0.25) is 9.36 Å². The van der Waals surface area contributed by atoms with Crippen LogP contribution in [-0.2, 0) is 18.4 Å². The molecule has 8 nitrogen and oxygen atoms in total. The van der Waals surface area contributed by atoms with Gasteiger partial charge in [-0.15, -0.1) is 0 Å². The maximum atomic E-state index is 13.0. The molecule has 3 atom stereocenters. The number of nitrogens with one attached hydrogen (secondary N) is 1. The molecule has 3 unspecified atom stereocenters. The first-order chi connectivity index (χ1) is 33.5. The lowest BCUT2D eigenvalue weighted by Crippen LogP contribution is -2.45. The topological polar surface area (TPSA) is 108 Å². The van der Waals surface area contributed by atoms with Crippen LogP contribution in [0.15, 0.2) is 85.1 Å². The molecule has 400 valence electrons. The van der Waals surface area contributed by atoms with Gasteiger partial charge in [-0.05, 0) is 77.0 Å². The van der Waals surface area contributed by atoms with Gasteiger partial charge in [-0.2, -0.15) is 0 Å². The van der Waals surface area contributed by atoms with Crippen LogP contribution in [0, 0.1) is 0 Å². The molecule has 0 aromatic rings. The van der Waals surface area contributed by atoms with E-state index in [2.05, 4.69) is 92.1 Å².